The van der Waals surface area contributed by atoms with Gasteiger partial charge in [-0.05, 0) is 85.9 Å². The highest BCUT2D eigenvalue weighted by molar-refractivity contribution is 5.77. The van der Waals surface area contributed by atoms with Gasteiger partial charge in [0, 0.05) is 32.6 Å². The lowest BCUT2D eigenvalue weighted by atomic mass is 9.47. The molecule has 3 amide bonds. The Balaban J connectivity index is 1.02. The van der Waals surface area contributed by atoms with Gasteiger partial charge in [0.2, 0.25) is 5.91 Å². The Morgan fingerprint density at radius 3 is 1.89 bits per heavy atom. The molecular weight excluding hydrogens is 542 g/mol. The molecule has 7 atom stereocenters. The van der Waals surface area contributed by atoms with Gasteiger partial charge >= 0.3 is 6.03 Å². The number of carbonyl (C=O) groups is 2. The van der Waals surface area contributed by atoms with Crippen molar-refractivity contribution in [3.05, 3.63) is 0 Å². The molecule has 5 heteroatoms. The summed E-state index contributed by atoms with van der Waals surface area (Å²) in [4.78, 5) is 27.2. The van der Waals surface area contributed by atoms with E-state index >= 15 is 0 Å². The number of fused-ring (bicyclic) bond motifs is 5. The fraction of sp³-hybridized carbons (Fsp3) is 0.949. The number of hydrogen-bond donors (Lipinski definition) is 2. The summed E-state index contributed by atoms with van der Waals surface area (Å²) in [5.41, 5.74) is 0.637. The van der Waals surface area contributed by atoms with Gasteiger partial charge in [-0.15, -0.1) is 0 Å². The lowest BCUT2D eigenvalue weighted by molar-refractivity contribution is -0.158. The van der Waals surface area contributed by atoms with Crippen LogP contribution in [0.3, 0.4) is 0 Å². The third-order valence-corrected chi connectivity index (χ3v) is 13.6. The van der Waals surface area contributed by atoms with Crippen LogP contribution in [0.4, 0.5) is 4.79 Å². The van der Waals surface area contributed by atoms with E-state index in [2.05, 4.69) is 43.4 Å². The number of amides is 3. The molecule has 0 aromatic rings. The fourth-order valence-corrected chi connectivity index (χ4v) is 10.7. The van der Waals surface area contributed by atoms with Crippen molar-refractivity contribution in [3.63, 3.8) is 0 Å². The van der Waals surface area contributed by atoms with Crippen molar-refractivity contribution >= 4 is 11.9 Å². The predicted octanol–water partition coefficient (Wildman–Crippen LogP) is 10.0. The zero-order valence-electron chi connectivity index (χ0n) is 29.5. The van der Waals surface area contributed by atoms with E-state index in [9.17, 15) is 9.59 Å². The van der Waals surface area contributed by atoms with Crippen LogP contribution < -0.4 is 10.6 Å². The molecule has 4 fully saturated rings. The second-order valence-electron chi connectivity index (χ2n) is 16.2. The zero-order valence-corrected chi connectivity index (χ0v) is 29.5. The van der Waals surface area contributed by atoms with Crippen LogP contribution in [-0.2, 0) is 4.79 Å². The lowest BCUT2D eigenvalue weighted by Crippen LogP contribution is -2.61. The number of piperidine rings is 1. The van der Waals surface area contributed by atoms with Crippen LogP contribution in [0.25, 0.3) is 0 Å². The van der Waals surface area contributed by atoms with Crippen molar-refractivity contribution in [1.29, 1.82) is 0 Å². The Morgan fingerprint density at radius 2 is 1.27 bits per heavy atom. The average molecular weight is 614 g/mol. The van der Waals surface area contributed by atoms with Crippen LogP contribution in [0.1, 0.15) is 175 Å². The number of nitrogens with one attached hydrogen (secondary N) is 2. The van der Waals surface area contributed by atoms with E-state index in [0.717, 1.165) is 50.1 Å². The standard InChI is InChI=1S/C39H71N3O2/c1-5-6-7-8-9-10-11-12-13-14-15-16-17-18-19-20-29-40-37(44)41-30-31-21-23-33-32-22-24-35-39(3,28-26-36(43)42(35)4)34(32)25-27-38(31,33)2/h31-35H,5-30H2,1-4H3,(H2,40,41,44)/t31-,32+,33+,34+,35-,38-,39-/m1/s1. The Labute approximate surface area is 272 Å². The van der Waals surface area contributed by atoms with Gasteiger partial charge < -0.3 is 15.5 Å². The monoisotopic (exact) mass is 614 g/mol. The number of urea groups is 1. The average Bonchev–Trinajstić information content (AvgIpc) is 3.36. The molecule has 1 saturated heterocycles. The highest BCUT2D eigenvalue weighted by atomic mass is 16.2. The van der Waals surface area contributed by atoms with Gasteiger partial charge in [-0.2, -0.15) is 0 Å². The van der Waals surface area contributed by atoms with Gasteiger partial charge in [0.25, 0.3) is 0 Å². The first-order chi connectivity index (χ1) is 21.3. The Morgan fingerprint density at radius 1 is 0.705 bits per heavy atom. The normalized spacial score (nSPS) is 33.0. The smallest absolute Gasteiger partial charge is 0.314 e. The maximum Gasteiger partial charge on any atom is 0.314 e. The van der Waals surface area contributed by atoms with Gasteiger partial charge in [0.05, 0.1) is 0 Å². The van der Waals surface area contributed by atoms with E-state index in [4.69, 9.17) is 0 Å². The minimum Gasteiger partial charge on any atom is -0.342 e. The van der Waals surface area contributed by atoms with E-state index in [1.165, 1.54) is 135 Å². The number of carbonyl (C=O) groups excluding carboxylic acids is 2. The molecular formula is C39H71N3O2. The molecule has 4 aliphatic rings. The first-order valence-corrected chi connectivity index (χ1v) is 19.6. The highest BCUT2D eigenvalue weighted by Crippen LogP contribution is 2.66. The van der Waals surface area contributed by atoms with Crippen LogP contribution in [0.5, 0.6) is 0 Å². The minimum absolute atomic E-state index is 0.0367. The molecule has 0 aromatic heterocycles. The van der Waals surface area contributed by atoms with E-state index in [0.29, 0.717) is 23.3 Å². The third-order valence-electron chi connectivity index (χ3n) is 13.6. The maximum absolute atomic E-state index is 12.7. The fourth-order valence-electron chi connectivity index (χ4n) is 10.7. The summed E-state index contributed by atoms with van der Waals surface area (Å²) in [6, 6.07) is 0.473. The largest absolute Gasteiger partial charge is 0.342 e. The predicted molar refractivity (Wildman–Crippen MR) is 185 cm³/mol. The third kappa shape index (κ3) is 8.96. The zero-order chi connectivity index (χ0) is 31.4. The van der Waals surface area contributed by atoms with Gasteiger partial charge in [-0.25, -0.2) is 4.79 Å². The Bertz CT molecular complexity index is 877. The molecule has 3 aliphatic carbocycles. The van der Waals surface area contributed by atoms with Crippen LogP contribution in [0, 0.1) is 34.5 Å². The molecule has 4 rings (SSSR count). The second kappa shape index (κ2) is 17.6. The van der Waals surface area contributed by atoms with E-state index in [1.807, 2.05) is 0 Å². The SMILES string of the molecule is CCCCCCCCCCCCCCCCCCNC(=O)NC[C@H]1CC[C@H]2[C@@H]3CC[C@H]4N(C)C(=O)CC[C@]4(C)[C@H]3CC[C@]12C. The van der Waals surface area contributed by atoms with Crippen molar-refractivity contribution in [2.75, 3.05) is 20.1 Å². The number of likely N-dealkylation sites (tertiary alicyclic amines) is 1. The summed E-state index contributed by atoms with van der Waals surface area (Å²) in [5, 5.41) is 6.43. The number of rotatable bonds is 19. The van der Waals surface area contributed by atoms with Gasteiger partial charge in [0.1, 0.15) is 0 Å². The van der Waals surface area contributed by atoms with Crippen molar-refractivity contribution in [2.45, 2.75) is 181 Å². The molecule has 1 heterocycles. The second-order valence-corrected chi connectivity index (χ2v) is 16.2. The minimum atomic E-state index is 0.0367. The van der Waals surface area contributed by atoms with E-state index in [-0.39, 0.29) is 11.4 Å². The lowest BCUT2D eigenvalue weighted by Gasteiger charge is -2.61. The van der Waals surface area contributed by atoms with Crippen LogP contribution in [-0.4, -0.2) is 43.0 Å². The summed E-state index contributed by atoms with van der Waals surface area (Å²) < 4.78 is 0. The summed E-state index contributed by atoms with van der Waals surface area (Å²) in [7, 11) is 2.06. The molecule has 44 heavy (non-hydrogen) atoms. The van der Waals surface area contributed by atoms with Crippen molar-refractivity contribution in [3.8, 4) is 0 Å². The molecule has 254 valence electrons. The number of hydrogen-bond acceptors (Lipinski definition) is 2. The molecule has 0 unspecified atom stereocenters. The molecule has 0 radical (unpaired) electrons. The first kappa shape index (κ1) is 35.6. The molecule has 3 saturated carbocycles. The van der Waals surface area contributed by atoms with Crippen molar-refractivity contribution in [1.82, 2.24) is 15.5 Å². The highest BCUT2D eigenvalue weighted by Gasteiger charge is 2.61. The molecule has 0 spiro atoms. The summed E-state index contributed by atoms with van der Waals surface area (Å²) in [6.07, 6.45) is 31.4. The quantitative estimate of drug-likeness (QED) is 0.142. The Kier molecular flexibility index (Phi) is 14.2. The van der Waals surface area contributed by atoms with Crippen LogP contribution >= 0.6 is 0 Å². The van der Waals surface area contributed by atoms with E-state index in [1.54, 1.807) is 0 Å². The topological polar surface area (TPSA) is 61.4 Å². The maximum atomic E-state index is 12.7. The van der Waals surface area contributed by atoms with Gasteiger partial charge in [-0.3, -0.25) is 4.79 Å². The molecule has 0 aromatic carbocycles. The van der Waals surface area contributed by atoms with Crippen LogP contribution in [0.15, 0.2) is 0 Å². The number of nitrogens with zero attached hydrogens (tertiary/aromatic N) is 1. The molecule has 0 bridgehead atoms. The summed E-state index contributed by atoms with van der Waals surface area (Å²) in [5.74, 6) is 3.28. The van der Waals surface area contributed by atoms with Gasteiger partial charge in [-0.1, -0.05) is 117 Å². The van der Waals surface area contributed by atoms with Crippen molar-refractivity contribution in [2.24, 2.45) is 34.5 Å². The molecule has 2 N–H and O–H groups in total. The van der Waals surface area contributed by atoms with Crippen molar-refractivity contribution < 1.29 is 9.59 Å². The number of unbranched alkanes of at least 4 members (excludes halogenated alkanes) is 15. The van der Waals surface area contributed by atoms with Crippen LogP contribution in [0.2, 0.25) is 0 Å². The summed E-state index contributed by atoms with van der Waals surface area (Å²) >= 11 is 0. The Hall–Kier alpha value is -1.26. The molecule has 5 nitrogen and oxygen atoms in total. The van der Waals surface area contributed by atoms with E-state index < -0.39 is 0 Å². The first-order valence-electron chi connectivity index (χ1n) is 19.6. The molecule has 1 aliphatic heterocycles. The summed E-state index contributed by atoms with van der Waals surface area (Å²) in [6.45, 7) is 8.98. The van der Waals surface area contributed by atoms with Gasteiger partial charge in [0.15, 0.2) is 0 Å².